The molecule has 134 valence electrons. The van der Waals surface area contributed by atoms with Gasteiger partial charge in [0.2, 0.25) is 11.5 Å². The molecule has 0 spiro atoms. The van der Waals surface area contributed by atoms with E-state index in [2.05, 4.69) is 4.98 Å². The summed E-state index contributed by atoms with van der Waals surface area (Å²) in [5.74, 6) is -1.64. The van der Waals surface area contributed by atoms with Crippen LogP contribution in [0.1, 0.15) is 5.56 Å². The lowest BCUT2D eigenvalue weighted by atomic mass is 10.2. The van der Waals surface area contributed by atoms with Crippen molar-refractivity contribution in [2.24, 2.45) is 0 Å². The molecule has 1 aromatic heterocycles. The van der Waals surface area contributed by atoms with Gasteiger partial charge in [0.25, 0.3) is 5.56 Å². The van der Waals surface area contributed by atoms with Crippen molar-refractivity contribution < 1.29 is 19.4 Å². The quantitative estimate of drug-likeness (QED) is 0.510. The van der Waals surface area contributed by atoms with E-state index in [-0.39, 0.29) is 24.7 Å². The number of aliphatic hydroxyl groups is 1. The van der Waals surface area contributed by atoms with Gasteiger partial charge in [0.1, 0.15) is 6.61 Å². The Morgan fingerprint density at radius 1 is 1.23 bits per heavy atom. The third-order valence-electron chi connectivity index (χ3n) is 3.50. The first-order valence-corrected chi connectivity index (χ1v) is 8.55. The van der Waals surface area contributed by atoms with Crippen molar-refractivity contribution in [2.45, 2.75) is 13.2 Å². The topological polar surface area (TPSA) is 111 Å². The van der Waals surface area contributed by atoms with E-state index in [0.717, 1.165) is 5.56 Å². The molecule has 1 aromatic carbocycles. The highest BCUT2D eigenvalue weighted by atomic mass is 127. The van der Waals surface area contributed by atoms with E-state index in [9.17, 15) is 19.5 Å². The highest BCUT2D eigenvalue weighted by Crippen LogP contribution is 2.26. The molecule has 2 heterocycles. The van der Waals surface area contributed by atoms with Gasteiger partial charge in [-0.05, 0) is 34.2 Å². The number of hydrogen-bond acceptors (Lipinski definition) is 6. The van der Waals surface area contributed by atoms with Gasteiger partial charge >= 0.3 is 11.7 Å². The smallest absolute Gasteiger partial charge is 0.383 e. The number of cyclic esters (lactones) is 1. The molecule has 0 aliphatic carbocycles. The molecule has 0 atom stereocenters. The van der Waals surface area contributed by atoms with Crippen molar-refractivity contribution >= 4 is 28.6 Å². The van der Waals surface area contributed by atoms with E-state index in [0.29, 0.717) is 3.57 Å². The first kappa shape index (κ1) is 18.0. The van der Waals surface area contributed by atoms with Crippen LogP contribution in [0.5, 0.6) is 0 Å². The van der Waals surface area contributed by atoms with E-state index in [1.807, 2.05) is 30.3 Å². The summed E-state index contributed by atoms with van der Waals surface area (Å²) in [5.41, 5.74) is -0.231. The lowest BCUT2D eigenvalue weighted by Crippen LogP contribution is -2.30. The molecule has 0 unspecified atom stereocenters. The third-order valence-corrected chi connectivity index (χ3v) is 4.27. The average Bonchev–Trinajstić information content (AvgIpc) is 2.90. The Morgan fingerprint density at radius 2 is 1.96 bits per heavy atom. The molecule has 26 heavy (non-hydrogen) atoms. The van der Waals surface area contributed by atoms with E-state index in [1.165, 1.54) is 16.8 Å². The molecule has 1 aliphatic rings. The van der Waals surface area contributed by atoms with Crippen LogP contribution in [0.2, 0.25) is 0 Å². The molecule has 0 fully saturated rings. The summed E-state index contributed by atoms with van der Waals surface area (Å²) in [7, 11) is 0. The maximum atomic E-state index is 11.8. The summed E-state index contributed by atoms with van der Waals surface area (Å²) in [6.07, 6.45) is 2.79. The summed E-state index contributed by atoms with van der Waals surface area (Å²) in [6, 6.07) is 9.20. The van der Waals surface area contributed by atoms with Gasteiger partial charge in [-0.2, -0.15) is 0 Å². The van der Waals surface area contributed by atoms with Crippen LogP contribution in [0, 0.1) is 3.57 Å². The minimum atomic E-state index is -0.928. The van der Waals surface area contributed by atoms with Crippen molar-refractivity contribution in [1.82, 2.24) is 9.55 Å². The van der Waals surface area contributed by atoms with Crippen LogP contribution in [0.4, 0.5) is 0 Å². The SMILES string of the molecule is O=C1O/C(=C\Cn2cc(I)c(=O)[nH]c2=O)C(OCc2ccccc2)=C1O. The number of esters is 1. The van der Waals surface area contributed by atoms with Crippen LogP contribution in [-0.2, 0) is 27.4 Å². The van der Waals surface area contributed by atoms with Gasteiger partial charge in [0.05, 0.1) is 3.57 Å². The van der Waals surface area contributed by atoms with E-state index >= 15 is 0 Å². The lowest BCUT2D eigenvalue weighted by molar-refractivity contribution is -0.135. The monoisotopic (exact) mass is 468 g/mol. The number of rotatable bonds is 5. The minimum Gasteiger partial charge on any atom is -0.499 e. The largest absolute Gasteiger partial charge is 0.499 e. The van der Waals surface area contributed by atoms with Crippen molar-refractivity contribution in [2.75, 3.05) is 0 Å². The normalized spacial score (nSPS) is 15.4. The highest BCUT2D eigenvalue weighted by Gasteiger charge is 2.31. The average molecular weight is 468 g/mol. The Bertz CT molecular complexity index is 1020. The third kappa shape index (κ3) is 3.87. The zero-order valence-corrected chi connectivity index (χ0v) is 15.4. The second-order valence-corrected chi connectivity index (χ2v) is 6.46. The van der Waals surface area contributed by atoms with Crippen molar-refractivity contribution in [1.29, 1.82) is 0 Å². The van der Waals surface area contributed by atoms with Gasteiger partial charge in [0.15, 0.2) is 5.76 Å². The molecule has 9 heteroatoms. The second-order valence-electron chi connectivity index (χ2n) is 5.30. The van der Waals surface area contributed by atoms with Crippen LogP contribution in [0.15, 0.2) is 69.5 Å². The fourth-order valence-electron chi connectivity index (χ4n) is 2.21. The van der Waals surface area contributed by atoms with E-state index in [1.54, 1.807) is 22.6 Å². The molecule has 2 aromatic rings. The first-order chi connectivity index (χ1) is 12.5. The van der Waals surface area contributed by atoms with Gasteiger partial charge in [-0.15, -0.1) is 0 Å². The summed E-state index contributed by atoms with van der Waals surface area (Å²) >= 11 is 1.80. The summed E-state index contributed by atoms with van der Waals surface area (Å²) in [5, 5.41) is 9.86. The molecule has 0 saturated carbocycles. The van der Waals surface area contributed by atoms with E-state index in [4.69, 9.17) is 9.47 Å². The molecule has 1 aliphatic heterocycles. The maximum absolute atomic E-state index is 11.8. The van der Waals surface area contributed by atoms with Gasteiger partial charge in [-0.25, -0.2) is 9.59 Å². The molecular formula is C17H13IN2O6. The first-order valence-electron chi connectivity index (χ1n) is 7.47. The minimum absolute atomic E-state index is 0.0107. The van der Waals surface area contributed by atoms with Gasteiger partial charge in [-0.3, -0.25) is 14.3 Å². The number of ether oxygens (including phenoxy) is 2. The predicted octanol–water partition coefficient (Wildman–Crippen LogP) is 1.57. The van der Waals surface area contributed by atoms with Gasteiger partial charge in [0, 0.05) is 12.7 Å². The molecule has 0 amide bonds. The van der Waals surface area contributed by atoms with Crippen molar-refractivity contribution in [3.8, 4) is 0 Å². The Labute approximate surface area is 160 Å². The maximum Gasteiger partial charge on any atom is 0.383 e. The number of aromatic amines is 1. The predicted molar refractivity (Wildman–Crippen MR) is 99.1 cm³/mol. The summed E-state index contributed by atoms with van der Waals surface area (Å²) < 4.78 is 12.1. The van der Waals surface area contributed by atoms with Crippen LogP contribution in [0.3, 0.4) is 0 Å². The summed E-state index contributed by atoms with van der Waals surface area (Å²) in [6.45, 7) is 0.143. The number of carbonyl (C=O) groups excluding carboxylic acids is 1. The van der Waals surface area contributed by atoms with Crippen LogP contribution in [-0.4, -0.2) is 20.6 Å². The zero-order valence-electron chi connectivity index (χ0n) is 13.3. The second kappa shape index (κ2) is 7.60. The van der Waals surface area contributed by atoms with Crippen LogP contribution < -0.4 is 11.2 Å². The Balaban J connectivity index is 1.81. The Hall–Kier alpha value is -2.82. The standard InChI is InChI=1S/C17H13IN2O6/c18-11-8-20(17(24)19-15(11)22)7-6-12-14(13(21)16(23)26-12)25-9-10-4-2-1-3-5-10/h1-6,8,21H,7,9H2,(H,19,22,24)/b12-6-. The number of H-pyrrole nitrogens is 1. The van der Waals surface area contributed by atoms with Gasteiger partial charge in [-0.1, -0.05) is 30.3 Å². The number of carbonyl (C=O) groups is 1. The number of halogens is 1. The van der Waals surface area contributed by atoms with E-state index < -0.39 is 23.0 Å². The fraction of sp³-hybridized carbons (Fsp3) is 0.118. The van der Waals surface area contributed by atoms with Gasteiger partial charge < -0.3 is 14.6 Å². The number of aromatic nitrogens is 2. The fourth-order valence-corrected chi connectivity index (χ4v) is 2.68. The molecule has 3 rings (SSSR count). The Kier molecular flexibility index (Phi) is 5.26. The number of aliphatic hydroxyl groups excluding tert-OH is 1. The number of nitrogens with one attached hydrogen (secondary N) is 1. The molecular weight excluding hydrogens is 455 g/mol. The number of allylic oxidation sites excluding steroid dienone is 1. The highest BCUT2D eigenvalue weighted by molar-refractivity contribution is 14.1. The molecule has 0 bridgehead atoms. The number of hydrogen-bond donors (Lipinski definition) is 2. The van der Waals surface area contributed by atoms with Crippen LogP contribution in [0.25, 0.3) is 0 Å². The molecule has 0 saturated heterocycles. The lowest BCUT2D eigenvalue weighted by Gasteiger charge is -2.08. The van der Waals surface area contributed by atoms with Crippen molar-refractivity contribution in [3.05, 3.63) is 89.9 Å². The number of benzene rings is 1. The summed E-state index contributed by atoms with van der Waals surface area (Å²) in [4.78, 5) is 37.0. The van der Waals surface area contributed by atoms with Crippen molar-refractivity contribution in [3.63, 3.8) is 0 Å². The Morgan fingerprint density at radius 3 is 2.69 bits per heavy atom. The molecule has 2 N–H and O–H groups in total. The number of nitrogens with zero attached hydrogens (tertiary/aromatic N) is 1. The molecule has 8 nitrogen and oxygen atoms in total. The van der Waals surface area contributed by atoms with Crippen LogP contribution >= 0.6 is 22.6 Å². The zero-order chi connectivity index (χ0) is 18.7. The molecule has 0 radical (unpaired) electrons.